The largest absolute Gasteiger partial charge is 0.493 e. The topological polar surface area (TPSA) is 92.7 Å². The van der Waals surface area contributed by atoms with E-state index in [1.807, 2.05) is 48.5 Å². The quantitative estimate of drug-likeness (QED) is 0.356. The predicted molar refractivity (Wildman–Crippen MR) is 141 cm³/mol. The molecule has 0 unspecified atom stereocenters. The monoisotopic (exact) mass is 522 g/mol. The van der Waals surface area contributed by atoms with E-state index >= 15 is 0 Å². The third-order valence-corrected chi connectivity index (χ3v) is 6.79. The summed E-state index contributed by atoms with van der Waals surface area (Å²) >= 11 is 0. The van der Waals surface area contributed by atoms with Gasteiger partial charge in [0.25, 0.3) is 0 Å². The van der Waals surface area contributed by atoms with Crippen molar-refractivity contribution in [2.75, 3.05) is 34.5 Å². The third kappa shape index (κ3) is 6.20. The Labute approximate surface area is 223 Å². The molecule has 0 radical (unpaired) electrons. The summed E-state index contributed by atoms with van der Waals surface area (Å²) in [5.74, 6) is 1.24. The van der Waals surface area contributed by atoms with E-state index in [2.05, 4.69) is 0 Å². The fraction of sp³-hybridized carbons (Fsp3) is 0.367. The third-order valence-electron chi connectivity index (χ3n) is 6.79. The molecule has 8 nitrogen and oxygen atoms in total. The van der Waals surface area contributed by atoms with E-state index in [-0.39, 0.29) is 25.0 Å². The number of hydrogen-bond donors (Lipinski definition) is 1. The van der Waals surface area contributed by atoms with Crippen molar-refractivity contribution in [2.24, 2.45) is 11.8 Å². The van der Waals surface area contributed by atoms with Crippen LogP contribution >= 0.6 is 0 Å². The molecule has 1 heterocycles. The zero-order chi connectivity index (χ0) is 27.1. The molecule has 1 N–H and O–H groups in total. The molecular formula is C30H34O8. The maximum Gasteiger partial charge on any atom is 0.302 e. The number of hydrogen-bond acceptors (Lipinski definition) is 8. The predicted octanol–water partition coefficient (Wildman–Crippen LogP) is 4.89. The molecule has 1 aliphatic rings. The van der Waals surface area contributed by atoms with Crippen molar-refractivity contribution in [1.82, 2.24) is 0 Å². The molecule has 0 saturated carbocycles. The Hall–Kier alpha value is -3.75. The summed E-state index contributed by atoms with van der Waals surface area (Å²) in [5, 5.41) is 11.4. The van der Waals surface area contributed by atoms with Crippen LogP contribution in [-0.2, 0) is 20.9 Å². The Bertz CT molecular complexity index is 1210. The van der Waals surface area contributed by atoms with Crippen LogP contribution < -0.4 is 18.9 Å². The molecule has 3 aromatic carbocycles. The molecule has 0 amide bonds. The highest BCUT2D eigenvalue weighted by Crippen LogP contribution is 2.46. The van der Waals surface area contributed by atoms with E-state index in [4.69, 9.17) is 28.4 Å². The molecule has 4 rings (SSSR count). The first kappa shape index (κ1) is 27.3. The maximum atomic E-state index is 11.7. The Morgan fingerprint density at radius 3 is 2.29 bits per heavy atom. The van der Waals surface area contributed by atoms with Crippen LogP contribution in [0.5, 0.6) is 23.0 Å². The van der Waals surface area contributed by atoms with Crippen molar-refractivity contribution in [1.29, 1.82) is 0 Å². The fourth-order valence-electron chi connectivity index (χ4n) is 4.78. The average molecular weight is 523 g/mol. The minimum Gasteiger partial charge on any atom is -0.493 e. The molecule has 4 atom stereocenters. The lowest BCUT2D eigenvalue weighted by atomic mass is 9.82. The van der Waals surface area contributed by atoms with E-state index in [9.17, 15) is 9.90 Å². The number of carbonyl (C=O) groups excluding carboxylic acids is 1. The molecule has 0 aliphatic carbocycles. The summed E-state index contributed by atoms with van der Waals surface area (Å²) in [4.78, 5) is 11.7. The highest BCUT2D eigenvalue weighted by molar-refractivity contribution is 5.65. The molecule has 3 aromatic rings. The Balaban J connectivity index is 1.57. The number of aliphatic hydroxyl groups is 1. The lowest BCUT2D eigenvalue weighted by Crippen LogP contribution is -2.27. The van der Waals surface area contributed by atoms with Gasteiger partial charge in [-0.3, -0.25) is 4.79 Å². The van der Waals surface area contributed by atoms with Gasteiger partial charge in [-0.05, 0) is 41.0 Å². The van der Waals surface area contributed by atoms with Crippen molar-refractivity contribution in [3.8, 4) is 23.0 Å². The molecule has 0 spiro atoms. The van der Waals surface area contributed by atoms with Gasteiger partial charge >= 0.3 is 5.97 Å². The summed E-state index contributed by atoms with van der Waals surface area (Å²) in [6.07, 6.45) is -1.30. The zero-order valence-corrected chi connectivity index (χ0v) is 22.1. The number of ether oxygens (including phenoxy) is 6. The first-order valence-corrected chi connectivity index (χ1v) is 12.4. The molecule has 8 heteroatoms. The number of carbonyl (C=O) groups is 1. The van der Waals surface area contributed by atoms with Crippen molar-refractivity contribution in [2.45, 2.75) is 25.7 Å². The van der Waals surface area contributed by atoms with E-state index in [0.717, 1.165) is 11.1 Å². The van der Waals surface area contributed by atoms with Gasteiger partial charge in [0.2, 0.25) is 0 Å². The van der Waals surface area contributed by atoms with E-state index < -0.39 is 18.2 Å². The molecular weight excluding hydrogens is 488 g/mol. The minimum absolute atomic E-state index is 0.101. The van der Waals surface area contributed by atoms with Crippen LogP contribution in [0.4, 0.5) is 0 Å². The smallest absolute Gasteiger partial charge is 0.302 e. The second-order valence-electron chi connectivity index (χ2n) is 9.13. The maximum absolute atomic E-state index is 11.7. The molecule has 1 fully saturated rings. The van der Waals surface area contributed by atoms with Crippen LogP contribution in [0, 0.1) is 11.8 Å². The van der Waals surface area contributed by atoms with E-state index in [1.165, 1.54) is 6.92 Å². The van der Waals surface area contributed by atoms with Gasteiger partial charge in [-0.25, -0.2) is 0 Å². The second-order valence-corrected chi connectivity index (χ2v) is 9.13. The highest BCUT2D eigenvalue weighted by Gasteiger charge is 2.43. The first-order valence-electron chi connectivity index (χ1n) is 12.4. The Morgan fingerprint density at radius 2 is 1.61 bits per heavy atom. The van der Waals surface area contributed by atoms with Gasteiger partial charge in [-0.15, -0.1) is 0 Å². The van der Waals surface area contributed by atoms with Crippen molar-refractivity contribution in [3.05, 3.63) is 83.4 Å². The Morgan fingerprint density at radius 1 is 0.921 bits per heavy atom. The van der Waals surface area contributed by atoms with Gasteiger partial charge in [0.1, 0.15) is 6.61 Å². The van der Waals surface area contributed by atoms with Crippen LogP contribution in [0.25, 0.3) is 0 Å². The fourth-order valence-corrected chi connectivity index (χ4v) is 4.78. The summed E-state index contributed by atoms with van der Waals surface area (Å²) in [6, 6.07) is 20.8. The van der Waals surface area contributed by atoms with Gasteiger partial charge in [0.15, 0.2) is 23.0 Å². The van der Waals surface area contributed by atoms with Crippen molar-refractivity contribution in [3.63, 3.8) is 0 Å². The lowest BCUT2D eigenvalue weighted by molar-refractivity contribution is -0.143. The average Bonchev–Trinajstić information content (AvgIpc) is 3.38. The number of aliphatic hydroxyl groups excluding tert-OH is 1. The SMILES string of the molecule is COc1ccc([C@@H](O)[C@H]2CO[C@@H](c3ccc(OCc4ccccc4)c(OC)c3)[C@@H]2COC(C)=O)cc1OC. The van der Waals surface area contributed by atoms with Gasteiger partial charge in [0.05, 0.1) is 46.8 Å². The summed E-state index contributed by atoms with van der Waals surface area (Å²) in [6.45, 7) is 2.15. The summed E-state index contributed by atoms with van der Waals surface area (Å²) in [7, 11) is 4.70. The zero-order valence-electron chi connectivity index (χ0n) is 22.1. The van der Waals surface area contributed by atoms with Gasteiger partial charge in [-0.2, -0.15) is 0 Å². The number of methoxy groups -OCH3 is 3. The number of benzene rings is 3. The lowest BCUT2D eigenvalue weighted by Gasteiger charge is -2.27. The second kappa shape index (κ2) is 12.7. The molecule has 38 heavy (non-hydrogen) atoms. The first-order chi connectivity index (χ1) is 18.4. The van der Waals surface area contributed by atoms with Crippen LogP contribution in [0.3, 0.4) is 0 Å². The molecule has 202 valence electrons. The number of rotatable bonds is 11. The molecule has 1 saturated heterocycles. The van der Waals surface area contributed by atoms with Crippen molar-refractivity contribution < 1.29 is 38.3 Å². The summed E-state index contributed by atoms with van der Waals surface area (Å²) in [5.41, 5.74) is 2.55. The molecule has 0 bridgehead atoms. The molecule has 0 aromatic heterocycles. The minimum atomic E-state index is -0.879. The van der Waals surface area contributed by atoms with Gasteiger partial charge < -0.3 is 33.5 Å². The van der Waals surface area contributed by atoms with Gasteiger partial charge in [-0.1, -0.05) is 42.5 Å². The normalized spacial score (nSPS) is 19.4. The van der Waals surface area contributed by atoms with Crippen LogP contribution in [-0.4, -0.2) is 45.6 Å². The van der Waals surface area contributed by atoms with Gasteiger partial charge in [0, 0.05) is 18.8 Å². The summed E-state index contributed by atoms with van der Waals surface area (Å²) < 4.78 is 34.0. The van der Waals surface area contributed by atoms with E-state index in [1.54, 1.807) is 39.5 Å². The standard InChI is InChI=1S/C30H34O8/c1-19(31)36-18-24-23(29(32)21-10-12-25(33-2)27(14-21)34-3)17-38-30(24)22-11-13-26(28(15-22)35-4)37-16-20-8-6-5-7-9-20/h5-15,23-24,29-30,32H,16-18H2,1-4H3/t23-,24+,29+,30-/m0/s1. The number of esters is 1. The van der Waals surface area contributed by atoms with Crippen LogP contribution in [0.1, 0.15) is 35.8 Å². The molecule has 1 aliphatic heterocycles. The van der Waals surface area contributed by atoms with Crippen molar-refractivity contribution >= 4 is 5.97 Å². The van der Waals surface area contributed by atoms with Crippen LogP contribution in [0.15, 0.2) is 66.7 Å². The van der Waals surface area contributed by atoms with E-state index in [0.29, 0.717) is 35.2 Å². The Kier molecular flexibility index (Phi) is 9.10. The highest BCUT2D eigenvalue weighted by atomic mass is 16.5. The van der Waals surface area contributed by atoms with Crippen LogP contribution in [0.2, 0.25) is 0 Å².